The predicted octanol–water partition coefficient (Wildman–Crippen LogP) is 5.83. The number of hydrogen-bond acceptors (Lipinski definition) is 11. The van der Waals surface area contributed by atoms with Gasteiger partial charge in [-0.1, -0.05) is 51.0 Å². The third-order valence-electron chi connectivity index (χ3n) is 14.7. The number of β-amino-alcohol motifs (C(OH)–C–C–N with tert-alkyl or cyclic N) is 1. The van der Waals surface area contributed by atoms with Crippen LogP contribution in [0.5, 0.6) is 5.75 Å². The normalized spacial score (nSPS) is 21.5. The van der Waals surface area contributed by atoms with Crippen LogP contribution in [0, 0.1) is 17.8 Å². The number of aromatic nitrogens is 5. The maximum Gasteiger partial charge on any atom is 0.318 e. The molecule has 0 aliphatic carbocycles. The second kappa shape index (κ2) is 19.2. The monoisotopic (exact) mass is 922 g/mol. The van der Waals surface area contributed by atoms with E-state index in [4.69, 9.17) is 16.4 Å². The highest BCUT2D eigenvalue weighted by atomic mass is 16.3. The number of nitrogens with one attached hydrogen (secondary N) is 3. The molecule has 5 atom stereocenters. The highest BCUT2D eigenvalue weighted by Gasteiger charge is 2.45. The molecule has 0 bridgehead atoms. The van der Waals surface area contributed by atoms with Crippen LogP contribution in [-0.2, 0) is 16.0 Å². The summed E-state index contributed by atoms with van der Waals surface area (Å²) >= 11 is 0. The number of terminal acetylenes is 1. The van der Waals surface area contributed by atoms with E-state index >= 15 is 0 Å². The van der Waals surface area contributed by atoms with Gasteiger partial charge >= 0.3 is 6.03 Å². The van der Waals surface area contributed by atoms with E-state index in [1.165, 1.54) is 4.90 Å². The van der Waals surface area contributed by atoms with Crippen molar-refractivity contribution >= 4 is 34.7 Å². The van der Waals surface area contributed by atoms with Crippen LogP contribution >= 0.6 is 0 Å². The second-order valence-electron chi connectivity index (χ2n) is 20.1. The lowest BCUT2D eigenvalue weighted by Crippen LogP contribution is -2.60. The average molecular weight is 922 g/mol. The number of amides is 4. The number of phenolic OH excluding ortho intramolecular Hbond substituents is 1. The number of fused-ring (bicyclic) bond motifs is 3. The van der Waals surface area contributed by atoms with Crippen molar-refractivity contribution in [3.05, 3.63) is 95.1 Å². The minimum Gasteiger partial charge on any atom is -0.507 e. The van der Waals surface area contributed by atoms with Gasteiger partial charge in [-0.3, -0.25) is 14.6 Å². The molecule has 356 valence electrons. The largest absolute Gasteiger partial charge is 0.507 e. The fraction of sp³-hybridized carbons (Fsp3) is 0.481. The number of aliphatic hydroxyl groups is 1. The maximum absolute atomic E-state index is 14.3. The lowest BCUT2D eigenvalue weighted by atomic mass is 9.85. The number of aromatic hydroxyl groups is 1. The molecule has 9 rings (SSSR count). The molecule has 4 aliphatic rings. The van der Waals surface area contributed by atoms with Gasteiger partial charge in [0.2, 0.25) is 11.8 Å². The van der Waals surface area contributed by atoms with Gasteiger partial charge in [0.25, 0.3) is 0 Å². The molecular formula is C52H63N11O5. The number of phenols is 1. The van der Waals surface area contributed by atoms with E-state index in [9.17, 15) is 24.6 Å². The zero-order valence-corrected chi connectivity index (χ0v) is 39.7. The standard InChI is InChI=1S/C52H63N11O5/c1-7-33-12-14-34(15-13-33)31(2)55-49(66)43-26-37(64)30-63(43)50(67)47(52(4,5)6)57-51(68)61-23-18-36(19-24-61)60-21-16-35(17-22-60)42-28-54-45(29-53-42)62-25-20-40-46(32(62)3)39-27-41(58-59-48(39)56-40)38-10-8-9-11-44(38)65/h1,8-15,27-29,31-32,35-37,43,47,64-65H,16-26,30H2,2-6H3,(H,55,66)(H,56,59)(H,57,68)/t31-,32+,37+,43-,47+/m0/s1. The fourth-order valence-electron chi connectivity index (χ4n) is 10.7. The second-order valence-corrected chi connectivity index (χ2v) is 20.1. The molecule has 68 heavy (non-hydrogen) atoms. The number of hydrogen-bond donors (Lipinski definition) is 5. The van der Waals surface area contributed by atoms with Crippen LogP contribution in [0.4, 0.5) is 10.6 Å². The molecule has 3 saturated heterocycles. The van der Waals surface area contributed by atoms with Gasteiger partial charge in [0, 0.05) is 78.8 Å². The van der Waals surface area contributed by atoms with E-state index in [1.54, 1.807) is 17.0 Å². The Hall–Kier alpha value is -6.57. The van der Waals surface area contributed by atoms with Gasteiger partial charge in [0.05, 0.1) is 42.0 Å². The number of anilines is 1. The molecule has 0 spiro atoms. The number of para-hydroxylation sites is 1. The van der Waals surface area contributed by atoms with E-state index in [-0.39, 0.29) is 48.6 Å². The quantitative estimate of drug-likeness (QED) is 0.112. The van der Waals surface area contributed by atoms with Crippen molar-refractivity contribution in [2.75, 3.05) is 44.2 Å². The summed E-state index contributed by atoms with van der Waals surface area (Å²) in [5.41, 5.74) is 6.28. The van der Waals surface area contributed by atoms with Crippen LogP contribution in [0.2, 0.25) is 0 Å². The molecule has 4 aliphatic heterocycles. The lowest BCUT2D eigenvalue weighted by molar-refractivity contribution is -0.142. The first kappa shape index (κ1) is 46.5. The third kappa shape index (κ3) is 9.46. The van der Waals surface area contributed by atoms with Gasteiger partial charge in [-0.2, -0.15) is 0 Å². The molecule has 0 saturated carbocycles. The molecule has 5 N–H and O–H groups in total. The summed E-state index contributed by atoms with van der Waals surface area (Å²) in [5.74, 6) is 3.18. The number of piperidine rings is 2. The van der Waals surface area contributed by atoms with Crippen molar-refractivity contribution in [1.29, 1.82) is 0 Å². The van der Waals surface area contributed by atoms with E-state index in [0.29, 0.717) is 36.3 Å². The summed E-state index contributed by atoms with van der Waals surface area (Å²) in [5, 5.41) is 37.1. The van der Waals surface area contributed by atoms with Crippen LogP contribution < -0.4 is 15.5 Å². The summed E-state index contributed by atoms with van der Waals surface area (Å²) in [4.78, 5) is 63.2. The van der Waals surface area contributed by atoms with Gasteiger partial charge in [-0.25, -0.2) is 9.78 Å². The van der Waals surface area contributed by atoms with Crippen LogP contribution in [0.25, 0.3) is 22.3 Å². The zero-order valence-electron chi connectivity index (χ0n) is 39.7. The summed E-state index contributed by atoms with van der Waals surface area (Å²) in [6, 6.07) is 14.5. The van der Waals surface area contributed by atoms with E-state index in [0.717, 1.165) is 96.7 Å². The molecular weight excluding hydrogens is 859 g/mol. The number of rotatable bonds is 9. The molecule has 3 aromatic heterocycles. The van der Waals surface area contributed by atoms with Crippen LogP contribution in [-0.4, -0.2) is 131 Å². The predicted molar refractivity (Wildman–Crippen MR) is 259 cm³/mol. The SMILES string of the molecule is C#Cc1ccc([C@H](C)NC(=O)[C@@H]2C[C@@H](O)CN2C(=O)[C@@H](NC(=O)N2CCC(N3CCC(c4cnc(N5CCc6[nH]c7nnc(-c8ccccc8O)cc7c6[C@H]5C)cn4)CC3)CC2)C(C)(C)C)cc1. The molecule has 0 unspecified atom stereocenters. The molecule has 5 aromatic rings. The van der Waals surface area contributed by atoms with Crippen molar-refractivity contribution in [3.63, 3.8) is 0 Å². The summed E-state index contributed by atoms with van der Waals surface area (Å²) < 4.78 is 0. The first-order chi connectivity index (χ1) is 32.7. The summed E-state index contributed by atoms with van der Waals surface area (Å²) in [7, 11) is 0. The van der Waals surface area contributed by atoms with Crippen LogP contribution in [0.3, 0.4) is 0 Å². The highest BCUT2D eigenvalue weighted by Crippen LogP contribution is 2.39. The fourth-order valence-corrected chi connectivity index (χ4v) is 10.7. The number of benzene rings is 2. The topological polar surface area (TPSA) is 196 Å². The number of H-pyrrole nitrogens is 1. The summed E-state index contributed by atoms with van der Waals surface area (Å²) in [6.45, 7) is 13.6. The first-order valence-electron chi connectivity index (χ1n) is 24.1. The minimum absolute atomic E-state index is 0.0113. The molecule has 4 amide bonds. The number of likely N-dealkylation sites (tertiary alicyclic amines) is 3. The van der Waals surface area contributed by atoms with Crippen LogP contribution in [0.1, 0.15) is 113 Å². The number of urea groups is 1. The number of nitrogens with zero attached hydrogens (tertiary/aromatic N) is 8. The number of carbonyl (C=O) groups excluding carboxylic acids is 3. The Kier molecular flexibility index (Phi) is 13.1. The smallest absolute Gasteiger partial charge is 0.318 e. The van der Waals surface area contributed by atoms with Crippen molar-refractivity contribution in [2.24, 2.45) is 5.41 Å². The van der Waals surface area contributed by atoms with E-state index in [1.807, 2.05) is 82.6 Å². The third-order valence-corrected chi connectivity index (χ3v) is 14.7. The Morgan fingerprint density at radius 1 is 0.926 bits per heavy atom. The Labute approximate surface area is 397 Å². The van der Waals surface area contributed by atoms with Crippen molar-refractivity contribution in [3.8, 4) is 29.4 Å². The molecule has 2 aromatic carbocycles. The summed E-state index contributed by atoms with van der Waals surface area (Å²) in [6.07, 6.45) is 13.1. The van der Waals surface area contributed by atoms with E-state index < -0.39 is 23.6 Å². The van der Waals surface area contributed by atoms with Crippen molar-refractivity contribution in [2.45, 2.75) is 115 Å². The van der Waals surface area contributed by atoms with Gasteiger partial charge in [-0.05, 0) is 93.9 Å². The van der Waals surface area contributed by atoms with Gasteiger partial charge in [0.1, 0.15) is 23.7 Å². The number of aromatic amines is 1. The van der Waals surface area contributed by atoms with Gasteiger partial charge in [-0.15, -0.1) is 16.6 Å². The average Bonchev–Trinajstić information content (AvgIpc) is 3.93. The molecule has 0 radical (unpaired) electrons. The minimum atomic E-state index is -0.908. The van der Waals surface area contributed by atoms with Gasteiger partial charge < -0.3 is 45.4 Å². The Balaban J connectivity index is 0.763. The van der Waals surface area contributed by atoms with Crippen molar-refractivity contribution in [1.82, 2.24) is 50.5 Å². The maximum atomic E-state index is 14.3. The van der Waals surface area contributed by atoms with E-state index in [2.05, 4.69) is 48.5 Å². The highest BCUT2D eigenvalue weighted by molar-refractivity contribution is 5.93. The van der Waals surface area contributed by atoms with Crippen LogP contribution in [0.15, 0.2) is 67.0 Å². The lowest BCUT2D eigenvalue weighted by Gasteiger charge is -2.42. The van der Waals surface area contributed by atoms with Crippen molar-refractivity contribution < 1.29 is 24.6 Å². The first-order valence-corrected chi connectivity index (χ1v) is 24.1. The zero-order chi connectivity index (χ0) is 47.9. The number of aliphatic hydroxyl groups excluding tert-OH is 1. The van der Waals surface area contributed by atoms with Gasteiger partial charge in [0.15, 0.2) is 5.65 Å². The Bertz CT molecular complexity index is 2680. The molecule has 3 fully saturated rings. The number of carbonyl (C=O) groups is 3. The molecule has 7 heterocycles. The molecule has 16 nitrogen and oxygen atoms in total. The Morgan fingerprint density at radius 2 is 1.66 bits per heavy atom. The Morgan fingerprint density at radius 3 is 2.34 bits per heavy atom. The molecule has 16 heteroatoms.